The van der Waals surface area contributed by atoms with E-state index in [1.165, 1.54) is 12.1 Å². The van der Waals surface area contributed by atoms with Crippen LogP contribution in [0, 0.1) is 5.82 Å². The molecule has 0 aromatic carbocycles. The van der Waals surface area contributed by atoms with Gasteiger partial charge < -0.3 is 24.1 Å². The van der Waals surface area contributed by atoms with Crippen LogP contribution in [-0.4, -0.2) is 44.5 Å². The second kappa shape index (κ2) is 7.23. The molecule has 1 saturated heterocycles. The number of hydrogen-bond acceptors (Lipinski definition) is 7. The van der Waals surface area contributed by atoms with Gasteiger partial charge in [-0.2, -0.15) is 4.39 Å². The number of aliphatic hydroxyl groups excluding tert-OH is 1. The van der Waals surface area contributed by atoms with Crippen LogP contribution in [0.15, 0.2) is 32.3 Å². The summed E-state index contributed by atoms with van der Waals surface area (Å²) >= 11 is 0. The van der Waals surface area contributed by atoms with E-state index >= 15 is 0 Å². The fourth-order valence-electron chi connectivity index (χ4n) is 2.64. The highest BCUT2D eigenvalue weighted by Crippen LogP contribution is 2.30. The van der Waals surface area contributed by atoms with Crippen LogP contribution < -0.4 is 11.2 Å². The summed E-state index contributed by atoms with van der Waals surface area (Å²) in [6.07, 6.45) is -1.57. The lowest BCUT2D eigenvalue weighted by atomic mass is 10.2. The lowest BCUT2D eigenvalue weighted by molar-refractivity contribution is -0.0680. The summed E-state index contributed by atoms with van der Waals surface area (Å²) in [4.78, 5) is 35.5. The Bertz CT molecular complexity index is 917. The van der Waals surface area contributed by atoms with Gasteiger partial charge in [-0.15, -0.1) is 0 Å². The Balaban J connectivity index is 1.71. The maximum atomic E-state index is 13.4. The van der Waals surface area contributed by atoms with Crippen molar-refractivity contribution in [1.29, 1.82) is 0 Å². The Morgan fingerprint density at radius 3 is 2.85 bits per heavy atom. The van der Waals surface area contributed by atoms with Gasteiger partial charge in [0.15, 0.2) is 0 Å². The number of aromatic carboxylic acids is 1. The zero-order chi connectivity index (χ0) is 18.8. The van der Waals surface area contributed by atoms with Gasteiger partial charge in [0, 0.05) is 6.42 Å². The first-order chi connectivity index (χ1) is 12.4. The van der Waals surface area contributed by atoms with Crippen LogP contribution in [0.1, 0.15) is 29.0 Å². The van der Waals surface area contributed by atoms with Crippen molar-refractivity contribution in [2.24, 2.45) is 0 Å². The van der Waals surface area contributed by atoms with Crippen molar-refractivity contribution in [3.63, 3.8) is 0 Å². The Morgan fingerprint density at radius 2 is 2.19 bits per heavy atom. The Hall–Kier alpha value is -2.76. The van der Waals surface area contributed by atoms with Crippen molar-refractivity contribution in [1.82, 2.24) is 9.55 Å². The molecule has 26 heavy (non-hydrogen) atoms. The highest BCUT2D eigenvalue weighted by Gasteiger charge is 2.37. The van der Waals surface area contributed by atoms with Gasteiger partial charge in [-0.3, -0.25) is 14.3 Å². The molecule has 1 fully saturated rings. The van der Waals surface area contributed by atoms with Crippen LogP contribution in [0.25, 0.3) is 0 Å². The number of nitrogens with one attached hydrogen (secondary N) is 1. The predicted molar refractivity (Wildman–Crippen MR) is 81.1 cm³/mol. The molecule has 0 aliphatic carbocycles. The normalized spacial score (nSPS) is 22.6. The first kappa shape index (κ1) is 18.0. The Kier molecular flexibility index (Phi) is 5.02. The maximum absolute atomic E-state index is 13.4. The average molecular weight is 370 g/mol. The van der Waals surface area contributed by atoms with E-state index in [9.17, 15) is 23.9 Å². The molecule has 11 heteroatoms. The van der Waals surface area contributed by atoms with E-state index in [1.807, 2.05) is 4.98 Å². The lowest BCUT2D eigenvalue weighted by Gasteiger charge is -2.15. The Morgan fingerprint density at radius 1 is 1.42 bits per heavy atom. The molecule has 2 aromatic rings. The third-order valence-electron chi connectivity index (χ3n) is 3.91. The van der Waals surface area contributed by atoms with Crippen molar-refractivity contribution in [3.05, 3.63) is 56.5 Å². The SMILES string of the molecule is O=C(O)c1ccc(COC2C[C@@H](n3cc(F)c(=O)[nH]c3=O)O[C@H]2CO)o1. The number of aliphatic hydroxyl groups is 1. The molecule has 3 N–H and O–H groups in total. The molecule has 140 valence electrons. The summed E-state index contributed by atoms with van der Waals surface area (Å²) in [7, 11) is 0. The minimum absolute atomic E-state index is 0.0839. The highest BCUT2D eigenvalue weighted by atomic mass is 19.1. The number of hydrogen-bond donors (Lipinski definition) is 3. The molecule has 0 spiro atoms. The summed E-state index contributed by atoms with van der Waals surface area (Å²) in [5.74, 6) is -2.34. The first-order valence-electron chi connectivity index (χ1n) is 7.60. The topological polar surface area (TPSA) is 144 Å². The van der Waals surface area contributed by atoms with Crippen molar-refractivity contribution in [3.8, 4) is 0 Å². The van der Waals surface area contributed by atoms with E-state index in [0.29, 0.717) is 0 Å². The maximum Gasteiger partial charge on any atom is 0.371 e. The molecule has 0 amide bonds. The number of ether oxygens (including phenoxy) is 2. The molecule has 10 nitrogen and oxygen atoms in total. The number of rotatable bonds is 6. The molecule has 1 aliphatic rings. The molecule has 3 heterocycles. The van der Waals surface area contributed by atoms with Crippen LogP contribution in [0.4, 0.5) is 4.39 Å². The monoisotopic (exact) mass is 370 g/mol. The fraction of sp³-hybridized carbons (Fsp3) is 0.400. The summed E-state index contributed by atoms with van der Waals surface area (Å²) in [6, 6.07) is 2.72. The first-order valence-corrected chi connectivity index (χ1v) is 7.60. The third kappa shape index (κ3) is 3.59. The van der Waals surface area contributed by atoms with Crippen LogP contribution in [0.3, 0.4) is 0 Å². The fourth-order valence-corrected chi connectivity index (χ4v) is 2.64. The van der Waals surface area contributed by atoms with E-state index in [0.717, 1.165) is 10.8 Å². The zero-order valence-corrected chi connectivity index (χ0v) is 13.3. The van der Waals surface area contributed by atoms with E-state index < -0.39 is 48.1 Å². The van der Waals surface area contributed by atoms with E-state index in [2.05, 4.69) is 0 Å². The number of carboxylic acids is 1. The molecular weight excluding hydrogens is 355 g/mol. The minimum atomic E-state index is -1.21. The summed E-state index contributed by atoms with van der Waals surface area (Å²) in [5, 5.41) is 18.2. The smallest absolute Gasteiger partial charge is 0.371 e. The van der Waals surface area contributed by atoms with Gasteiger partial charge in [0.05, 0.1) is 18.9 Å². The lowest BCUT2D eigenvalue weighted by Crippen LogP contribution is -2.34. The van der Waals surface area contributed by atoms with Gasteiger partial charge in [-0.1, -0.05) is 0 Å². The third-order valence-corrected chi connectivity index (χ3v) is 3.91. The molecule has 0 saturated carbocycles. The number of aromatic nitrogens is 2. The minimum Gasteiger partial charge on any atom is -0.475 e. The molecule has 1 aliphatic heterocycles. The second-order valence-electron chi connectivity index (χ2n) is 5.61. The van der Waals surface area contributed by atoms with Gasteiger partial charge in [0.25, 0.3) is 5.56 Å². The molecule has 2 aromatic heterocycles. The quantitative estimate of drug-likeness (QED) is 0.636. The van der Waals surface area contributed by atoms with Crippen LogP contribution >= 0.6 is 0 Å². The Labute approximate surface area is 144 Å². The molecule has 1 unspecified atom stereocenters. The van der Waals surface area contributed by atoms with Crippen molar-refractivity contribution in [2.45, 2.75) is 31.5 Å². The number of furan rings is 1. The standard InChI is InChI=1S/C15H15FN2O8/c16-8-4-18(15(23)17-13(8)20)12-3-10(11(5-19)26-12)24-6-7-1-2-9(25-7)14(21)22/h1-2,4,10-12,19H,3,5-6H2,(H,21,22)(H,17,20,23)/t10?,11-,12-/m0/s1. The van der Waals surface area contributed by atoms with Gasteiger partial charge in [-0.05, 0) is 12.1 Å². The molecule has 0 radical (unpaired) electrons. The molecular formula is C15H15FN2O8. The number of carboxylic acid groups (broad SMARTS) is 1. The summed E-state index contributed by atoms with van der Waals surface area (Å²) < 4.78 is 30.4. The van der Waals surface area contributed by atoms with Crippen LogP contribution in [0.5, 0.6) is 0 Å². The van der Waals surface area contributed by atoms with E-state index in [1.54, 1.807) is 0 Å². The number of aromatic amines is 1. The van der Waals surface area contributed by atoms with Crippen LogP contribution in [-0.2, 0) is 16.1 Å². The van der Waals surface area contributed by atoms with E-state index in [-0.39, 0.29) is 24.5 Å². The second-order valence-corrected chi connectivity index (χ2v) is 5.61. The zero-order valence-electron chi connectivity index (χ0n) is 13.3. The number of halogens is 1. The molecule has 3 rings (SSSR count). The van der Waals surface area contributed by atoms with Crippen molar-refractivity contribution in [2.75, 3.05) is 6.61 Å². The summed E-state index contributed by atoms with van der Waals surface area (Å²) in [5.41, 5.74) is -1.99. The highest BCUT2D eigenvalue weighted by molar-refractivity contribution is 5.84. The molecule has 0 bridgehead atoms. The van der Waals surface area contributed by atoms with Gasteiger partial charge >= 0.3 is 11.7 Å². The number of carbonyl (C=O) groups is 1. The average Bonchev–Trinajstić information content (AvgIpc) is 3.23. The van der Waals surface area contributed by atoms with E-state index in [4.69, 9.17) is 19.0 Å². The van der Waals surface area contributed by atoms with Crippen LogP contribution in [0.2, 0.25) is 0 Å². The largest absolute Gasteiger partial charge is 0.475 e. The van der Waals surface area contributed by atoms with Gasteiger partial charge in [-0.25, -0.2) is 9.59 Å². The van der Waals surface area contributed by atoms with Crippen molar-refractivity contribution >= 4 is 5.97 Å². The van der Waals surface area contributed by atoms with Crippen molar-refractivity contribution < 1.29 is 33.3 Å². The predicted octanol–water partition coefficient (Wildman–Crippen LogP) is -0.168. The van der Waals surface area contributed by atoms with Gasteiger partial charge in [0.1, 0.15) is 24.7 Å². The summed E-state index contributed by atoms with van der Waals surface area (Å²) in [6.45, 7) is -0.500. The van der Waals surface area contributed by atoms with Gasteiger partial charge in [0.2, 0.25) is 11.6 Å². The number of H-pyrrole nitrogens is 1. The molecule has 3 atom stereocenters. The number of nitrogens with zero attached hydrogens (tertiary/aromatic N) is 1.